The van der Waals surface area contributed by atoms with Crippen LogP contribution < -0.4 is 4.74 Å². The second-order valence-corrected chi connectivity index (χ2v) is 4.47. The Morgan fingerprint density at radius 1 is 1.13 bits per heavy atom. The highest BCUT2D eigenvalue weighted by molar-refractivity contribution is 5.26. The predicted octanol–water partition coefficient (Wildman–Crippen LogP) is 2.46. The monoisotopic (exact) mass is 210 g/mol. The molecule has 0 fully saturated rings. The first-order valence-electron chi connectivity index (χ1n) is 4.96. The first-order valence-corrected chi connectivity index (χ1v) is 4.96. The predicted molar refractivity (Wildman–Crippen MR) is 58.7 cm³/mol. The van der Waals surface area contributed by atoms with Gasteiger partial charge in [-0.05, 0) is 39.8 Å². The molecule has 1 unspecified atom stereocenters. The van der Waals surface area contributed by atoms with Crippen LogP contribution >= 0.6 is 0 Å². The van der Waals surface area contributed by atoms with Crippen molar-refractivity contribution in [1.82, 2.24) is 0 Å². The van der Waals surface area contributed by atoms with Crippen molar-refractivity contribution in [3.63, 3.8) is 0 Å². The number of hydrogen-bond donors (Lipinski definition) is 1. The molecule has 0 bridgehead atoms. The summed E-state index contributed by atoms with van der Waals surface area (Å²) in [7, 11) is 0. The molecule has 0 amide bonds. The molecule has 0 saturated carbocycles. The summed E-state index contributed by atoms with van der Waals surface area (Å²) < 4.78 is 10.4. The van der Waals surface area contributed by atoms with Crippen molar-refractivity contribution in [2.75, 3.05) is 0 Å². The van der Waals surface area contributed by atoms with Gasteiger partial charge in [0, 0.05) is 0 Å². The van der Waals surface area contributed by atoms with E-state index in [-0.39, 0.29) is 0 Å². The Kier molecular flexibility index (Phi) is 3.72. The molecule has 0 aliphatic heterocycles. The van der Waals surface area contributed by atoms with Crippen LogP contribution in [0.2, 0.25) is 0 Å². The second kappa shape index (κ2) is 4.64. The lowest BCUT2D eigenvalue weighted by Crippen LogP contribution is -2.31. The maximum atomic E-state index is 9.46. The standard InChI is InChI=1S/C12H18O3/c1-9-5-7-10(8-6-9)14-11(13)15-12(2,3)4/h5-8,11,13H,1-4H3. The lowest BCUT2D eigenvalue weighted by Gasteiger charge is -2.23. The van der Waals surface area contributed by atoms with E-state index in [0.29, 0.717) is 5.75 Å². The van der Waals surface area contributed by atoms with E-state index in [1.807, 2.05) is 39.8 Å². The molecular weight excluding hydrogens is 192 g/mol. The van der Waals surface area contributed by atoms with Gasteiger partial charge in [-0.15, -0.1) is 0 Å². The molecule has 0 aliphatic rings. The van der Waals surface area contributed by atoms with Gasteiger partial charge in [0.2, 0.25) is 0 Å². The van der Waals surface area contributed by atoms with Crippen LogP contribution in [0.15, 0.2) is 24.3 Å². The molecule has 0 spiro atoms. The van der Waals surface area contributed by atoms with Gasteiger partial charge in [0.05, 0.1) is 5.60 Å². The minimum Gasteiger partial charge on any atom is -0.441 e. The molecule has 0 heterocycles. The van der Waals surface area contributed by atoms with Gasteiger partial charge < -0.3 is 14.6 Å². The molecule has 0 aromatic heterocycles. The summed E-state index contributed by atoms with van der Waals surface area (Å²) in [5.74, 6) is 0.595. The summed E-state index contributed by atoms with van der Waals surface area (Å²) in [5.41, 5.74) is 0.720. The van der Waals surface area contributed by atoms with Crippen LogP contribution in [0.4, 0.5) is 0 Å². The molecule has 1 atom stereocenters. The summed E-state index contributed by atoms with van der Waals surface area (Å²) in [6.45, 7) is 6.33. The molecule has 15 heavy (non-hydrogen) atoms. The highest BCUT2D eigenvalue weighted by atomic mass is 16.8. The molecular formula is C12H18O3. The van der Waals surface area contributed by atoms with Crippen molar-refractivity contribution in [2.45, 2.75) is 39.8 Å². The third-order valence-corrected chi connectivity index (χ3v) is 1.71. The topological polar surface area (TPSA) is 38.7 Å². The van der Waals surface area contributed by atoms with Crippen LogP contribution in [-0.2, 0) is 4.74 Å². The third kappa shape index (κ3) is 4.81. The smallest absolute Gasteiger partial charge is 0.313 e. The van der Waals surface area contributed by atoms with Gasteiger partial charge >= 0.3 is 6.48 Å². The Morgan fingerprint density at radius 2 is 1.67 bits per heavy atom. The average molecular weight is 210 g/mol. The highest BCUT2D eigenvalue weighted by Gasteiger charge is 2.17. The van der Waals surface area contributed by atoms with E-state index in [2.05, 4.69) is 0 Å². The Bertz CT molecular complexity index is 298. The molecule has 0 aliphatic carbocycles. The molecule has 3 nitrogen and oxygen atoms in total. The molecule has 3 heteroatoms. The minimum atomic E-state index is -1.23. The largest absolute Gasteiger partial charge is 0.441 e. The van der Waals surface area contributed by atoms with E-state index in [1.165, 1.54) is 0 Å². The molecule has 84 valence electrons. The molecule has 1 N–H and O–H groups in total. The van der Waals surface area contributed by atoms with Gasteiger partial charge in [0.15, 0.2) is 0 Å². The summed E-state index contributed by atoms with van der Waals surface area (Å²) in [5, 5.41) is 9.46. The van der Waals surface area contributed by atoms with Gasteiger partial charge in [-0.25, -0.2) is 0 Å². The molecule has 0 radical (unpaired) electrons. The van der Waals surface area contributed by atoms with Crippen molar-refractivity contribution >= 4 is 0 Å². The summed E-state index contributed by atoms with van der Waals surface area (Å²) >= 11 is 0. The zero-order valence-corrected chi connectivity index (χ0v) is 9.65. The first kappa shape index (κ1) is 12.0. The van der Waals surface area contributed by atoms with E-state index in [9.17, 15) is 5.11 Å². The summed E-state index contributed by atoms with van der Waals surface area (Å²) in [6.07, 6.45) is 0. The highest BCUT2D eigenvalue weighted by Crippen LogP contribution is 2.16. The van der Waals surface area contributed by atoms with Crippen LogP contribution in [0.3, 0.4) is 0 Å². The zero-order chi connectivity index (χ0) is 11.5. The Hall–Kier alpha value is -1.06. The molecule has 0 saturated heterocycles. The van der Waals surface area contributed by atoms with Gasteiger partial charge in [-0.3, -0.25) is 0 Å². The maximum Gasteiger partial charge on any atom is 0.313 e. The van der Waals surface area contributed by atoms with E-state index in [4.69, 9.17) is 9.47 Å². The normalized spacial score (nSPS) is 13.7. The molecule has 1 aromatic carbocycles. The van der Waals surface area contributed by atoms with Gasteiger partial charge in [0.1, 0.15) is 5.75 Å². The number of rotatable bonds is 3. The minimum absolute atomic E-state index is 0.426. The van der Waals surface area contributed by atoms with Gasteiger partial charge in [-0.1, -0.05) is 17.7 Å². The number of ether oxygens (including phenoxy) is 2. The average Bonchev–Trinajstić information content (AvgIpc) is 2.05. The van der Waals surface area contributed by atoms with E-state index >= 15 is 0 Å². The lowest BCUT2D eigenvalue weighted by atomic mass is 10.2. The quantitative estimate of drug-likeness (QED) is 0.779. The Morgan fingerprint density at radius 3 is 2.13 bits per heavy atom. The van der Waals surface area contributed by atoms with Crippen LogP contribution in [0, 0.1) is 6.92 Å². The Balaban J connectivity index is 2.51. The van der Waals surface area contributed by atoms with Crippen molar-refractivity contribution in [3.8, 4) is 5.75 Å². The molecule has 1 aromatic rings. The Labute approximate surface area is 90.6 Å². The van der Waals surface area contributed by atoms with Crippen LogP contribution in [0.5, 0.6) is 5.75 Å². The van der Waals surface area contributed by atoms with Crippen molar-refractivity contribution in [2.24, 2.45) is 0 Å². The number of hydrogen-bond acceptors (Lipinski definition) is 3. The van der Waals surface area contributed by atoms with Gasteiger partial charge in [-0.2, -0.15) is 0 Å². The number of aryl methyl sites for hydroxylation is 1. The zero-order valence-electron chi connectivity index (χ0n) is 9.65. The third-order valence-electron chi connectivity index (χ3n) is 1.71. The van der Waals surface area contributed by atoms with Crippen LogP contribution in [0.25, 0.3) is 0 Å². The van der Waals surface area contributed by atoms with E-state index in [1.54, 1.807) is 12.1 Å². The van der Waals surface area contributed by atoms with Crippen molar-refractivity contribution < 1.29 is 14.6 Å². The summed E-state index contributed by atoms with van der Waals surface area (Å²) in [6, 6.07) is 7.42. The van der Waals surface area contributed by atoms with Crippen LogP contribution in [0.1, 0.15) is 26.3 Å². The number of benzene rings is 1. The lowest BCUT2D eigenvalue weighted by molar-refractivity contribution is -0.259. The maximum absolute atomic E-state index is 9.46. The fourth-order valence-electron chi connectivity index (χ4n) is 1.06. The van der Waals surface area contributed by atoms with E-state index < -0.39 is 12.1 Å². The van der Waals surface area contributed by atoms with Crippen molar-refractivity contribution in [3.05, 3.63) is 29.8 Å². The van der Waals surface area contributed by atoms with Gasteiger partial charge in [0.25, 0.3) is 0 Å². The van der Waals surface area contributed by atoms with Crippen molar-refractivity contribution in [1.29, 1.82) is 0 Å². The van der Waals surface area contributed by atoms with E-state index in [0.717, 1.165) is 5.56 Å². The SMILES string of the molecule is Cc1ccc(OC(O)OC(C)(C)C)cc1. The fraction of sp³-hybridized carbons (Fsp3) is 0.500. The number of aliphatic hydroxyl groups excluding tert-OH is 1. The van der Waals surface area contributed by atoms with Crippen LogP contribution in [-0.4, -0.2) is 17.2 Å². The summed E-state index contributed by atoms with van der Waals surface area (Å²) in [4.78, 5) is 0. The fourth-order valence-corrected chi connectivity index (χ4v) is 1.06. The number of aliphatic hydroxyl groups is 1. The first-order chi connectivity index (χ1) is 6.87. The second-order valence-electron chi connectivity index (χ2n) is 4.47. The molecule has 1 rings (SSSR count).